The fraction of sp³-hybridized carbons (Fsp3) is 0.652. The molecule has 3 aliphatic rings. The number of hydrogen-bond donors (Lipinski definition) is 1. The van der Waals surface area contributed by atoms with Crippen molar-refractivity contribution < 1.29 is 32.3 Å². The molecule has 0 spiro atoms. The molecule has 3 aliphatic heterocycles. The lowest BCUT2D eigenvalue weighted by Crippen LogP contribution is -2.64. The summed E-state index contributed by atoms with van der Waals surface area (Å²) in [5.41, 5.74) is -0.754. The van der Waals surface area contributed by atoms with E-state index in [0.29, 0.717) is 19.5 Å². The Balaban J connectivity index is 0.000000913. The smallest absolute Gasteiger partial charge is 0.416 e. The van der Waals surface area contributed by atoms with E-state index in [1.54, 1.807) is 0 Å². The number of piperidine rings is 3. The van der Waals surface area contributed by atoms with Crippen molar-refractivity contribution in [2.75, 3.05) is 13.1 Å². The standard InChI is InChI=1S/C22H28F4N2O.CH2O2/c1-2-4-19-15-9-16(20-5-3-6-21(29)28(19)20)13-27(12-15)11-14-10-17(23)7-8-18(14)22(24,25)26;2-1-3/h7-8,10,15-16,19-20H,2-6,9,11-13H2,1H3;1H,(H,2,3)/t15-,16+,19-,20-;/m0./s1. The third-order valence-electron chi connectivity index (χ3n) is 6.92. The molecule has 2 bridgehead atoms. The lowest BCUT2D eigenvalue weighted by Gasteiger charge is -2.57. The van der Waals surface area contributed by atoms with Crippen molar-refractivity contribution in [1.29, 1.82) is 0 Å². The van der Waals surface area contributed by atoms with Crippen LogP contribution in [-0.4, -0.2) is 52.5 Å². The molecule has 178 valence electrons. The van der Waals surface area contributed by atoms with Crippen LogP contribution in [0.25, 0.3) is 0 Å². The average Bonchev–Trinajstić information content (AvgIpc) is 2.71. The molecule has 1 aromatic rings. The number of carbonyl (C=O) groups is 2. The molecule has 5 nitrogen and oxygen atoms in total. The highest BCUT2D eigenvalue weighted by Gasteiger charge is 2.49. The lowest BCUT2D eigenvalue weighted by molar-refractivity contribution is -0.153. The summed E-state index contributed by atoms with van der Waals surface area (Å²) in [7, 11) is 0. The van der Waals surface area contributed by atoms with E-state index in [9.17, 15) is 22.4 Å². The zero-order chi connectivity index (χ0) is 23.5. The number of rotatable bonds is 4. The molecule has 0 radical (unpaired) electrons. The Morgan fingerprint density at radius 3 is 2.56 bits per heavy atom. The van der Waals surface area contributed by atoms with Gasteiger partial charge in [-0.25, -0.2) is 4.39 Å². The molecule has 32 heavy (non-hydrogen) atoms. The summed E-state index contributed by atoms with van der Waals surface area (Å²) in [5, 5.41) is 6.89. The molecular formula is C23H30F4N2O3. The molecule has 3 saturated heterocycles. The summed E-state index contributed by atoms with van der Waals surface area (Å²) in [6.45, 7) is 3.28. The summed E-state index contributed by atoms with van der Waals surface area (Å²) < 4.78 is 53.9. The number of amides is 1. The van der Waals surface area contributed by atoms with E-state index in [1.165, 1.54) is 0 Å². The third-order valence-corrected chi connectivity index (χ3v) is 6.92. The number of fused-ring (bicyclic) bond motifs is 4. The van der Waals surface area contributed by atoms with Gasteiger partial charge in [-0.2, -0.15) is 13.2 Å². The van der Waals surface area contributed by atoms with Crippen molar-refractivity contribution >= 4 is 12.4 Å². The number of carbonyl (C=O) groups excluding carboxylic acids is 1. The summed E-state index contributed by atoms with van der Waals surface area (Å²) in [6.07, 6.45) is 0.924. The fourth-order valence-corrected chi connectivity index (χ4v) is 5.88. The van der Waals surface area contributed by atoms with Gasteiger partial charge in [0.1, 0.15) is 5.82 Å². The topological polar surface area (TPSA) is 60.9 Å². The predicted octanol–water partition coefficient (Wildman–Crippen LogP) is 4.55. The molecule has 0 aromatic heterocycles. The maximum absolute atomic E-state index is 13.7. The van der Waals surface area contributed by atoms with Gasteiger partial charge in [-0.15, -0.1) is 0 Å². The van der Waals surface area contributed by atoms with Gasteiger partial charge in [-0.05, 0) is 61.3 Å². The van der Waals surface area contributed by atoms with Crippen molar-refractivity contribution in [3.05, 3.63) is 35.1 Å². The molecule has 4 rings (SSSR count). The summed E-state index contributed by atoms with van der Waals surface area (Å²) >= 11 is 0. The van der Waals surface area contributed by atoms with Crippen LogP contribution in [0, 0.1) is 17.7 Å². The molecule has 0 aliphatic carbocycles. The first-order valence-corrected chi connectivity index (χ1v) is 11.2. The maximum atomic E-state index is 13.7. The van der Waals surface area contributed by atoms with E-state index >= 15 is 0 Å². The number of hydrogen-bond acceptors (Lipinski definition) is 3. The van der Waals surface area contributed by atoms with Gasteiger partial charge in [0.15, 0.2) is 0 Å². The molecule has 1 N–H and O–H groups in total. The second kappa shape index (κ2) is 10.2. The zero-order valence-electron chi connectivity index (χ0n) is 18.2. The second-order valence-electron chi connectivity index (χ2n) is 8.97. The molecular weight excluding hydrogens is 428 g/mol. The Kier molecular flexibility index (Phi) is 7.79. The second-order valence-corrected chi connectivity index (χ2v) is 8.97. The quantitative estimate of drug-likeness (QED) is 0.531. The van der Waals surface area contributed by atoms with Crippen LogP contribution in [0.15, 0.2) is 18.2 Å². The predicted molar refractivity (Wildman–Crippen MR) is 110 cm³/mol. The van der Waals surface area contributed by atoms with Crippen LogP contribution in [0.5, 0.6) is 0 Å². The SMILES string of the molecule is CCC[C@H]1[C@H]2C[C@H](CN(Cc3cc(F)ccc3C(F)(F)F)C2)[C@@H]2CCCC(=O)N21.O=CO. The Morgan fingerprint density at radius 1 is 1.22 bits per heavy atom. The van der Waals surface area contributed by atoms with Gasteiger partial charge < -0.3 is 10.0 Å². The van der Waals surface area contributed by atoms with E-state index in [1.807, 2.05) is 0 Å². The minimum Gasteiger partial charge on any atom is -0.483 e. The van der Waals surface area contributed by atoms with Gasteiger partial charge in [0.25, 0.3) is 6.47 Å². The summed E-state index contributed by atoms with van der Waals surface area (Å²) in [5.74, 6) is 0.161. The van der Waals surface area contributed by atoms with Gasteiger partial charge in [0.2, 0.25) is 5.91 Å². The molecule has 3 heterocycles. The highest BCUT2D eigenvalue weighted by Crippen LogP contribution is 2.43. The first kappa shape index (κ1) is 24.5. The third kappa shape index (κ3) is 5.24. The van der Waals surface area contributed by atoms with E-state index in [-0.39, 0.29) is 48.4 Å². The Morgan fingerprint density at radius 2 is 1.91 bits per heavy atom. The number of alkyl halides is 3. The number of carboxylic acid groups (broad SMARTS) is 1. The van der Waals surface area contributed by atoms with Gasteiger partial charge >= 0.3 is 6.18 Å². The molecule has 1 aromatic carbocycles. The van der Waals surface area contributed by atoms with Crippen LogP contribution in [-0.2, 0) is 22.3 Å². The van der Waals surface area contributed by atoms with Crippen LogP contribution < -0.4 is 0 Å². The van der Waals surface area contributed by atoms with Crippen LogP contribution in [0.4, 0.5) is 17.6 Å². The van der Waals surface area contributed by atoms with E-state index in [0.717, 1.165) is 50.3 Å². The minimum atomic E-state index is -4.49. The molecule has 1 amide bonds. The van der Waals surface area contributed by atoms with Crippen molar-refractivity contribution in [2.45, 2.75) is 70.3 Å². The number of benzene rings is 1. The molecule has 0 saturated carbocycles. The van der Waals surface area contributed by atoms with E-state index in [2.05, 4.69) is 16.7 Å². The molecule has 4 atom stereocenters. The van der Waals surface area contributed by atoms with Crippen molar-refractivity contribution in [1.82, 2.24) is 9.80 Å². The van der Waals surface area contributed by atoms with Crippen LogP contribution in [0.2, 0.25) is 0 Å². The van der Waals surface area contributed by atoms with Crippen LogP contribution in [0.3, 0.4) is 0 Å². The number of halogens is 4. The van der Waals surface area contributed by atoms with E-state index < -0.39 is 17.6 Å². The van der Waals surface area contributed by atoms with Gasteiger partial charge in [-0.1, -0.05) is 13.3 Å². The van der Waals surface area contributed by atoms with Crippen LogP contribution >= 0.6 is 0 Å². The average molecular weight is 458 g/mol. The van der Waals surface area contributed by atoms with Crippen molar-refractivity contribution in [3.63, 3.8) is 0 Å². The first-order valence-electron chi connectivity index (χ1n) is 11.2. The summed E-state index contributed by atoms with van der Waals surface area (Å²) in [6, 6.07) is 3.11. The fourth-order valence-electron chi connectivity index (χ4n) is 5.88. The Bertz CT molecular complexity index is 817. The van der Waals surface area contributed by atoms with Crippen molar-refractivity contribution in [2.24, 2.45) is 11.8 Å². The van der Waals surface area contributed by atoms with Gasteiger partial charge in [-0.3, -0.25) is 14.5 Å². The van der Waals surface area contributed by atoms with E-state index in [4.69, 9.17) is 9.90 Å². The zero-order valence-corrected chi connectivity index (χ0v) is 18.2. The molecule has 3 fully saturated rings. The minimum absolute atomic E-state index is 0.00101. The highest BCUT2D eigenvalue weighted by molar-refractivity contribution is 5.78. The van der Waals surface area contributed by atoms with Crippen LogP contribution in [0.1, 0.15) is 56.6 Å². The molecule has 0 unspecified atom stereocenters. The number of likely N-dealkylation sites (tertiary alicyclic amines) is 1. The Hall–Kier alpha value is -2.16. The first-order chi connectivity index (χ1) is 15.2. The lowest BCUT2D eigenvalue weighted by atomic mass is 9.71. The van der Waals surface area contributed by atoms with Gasteiger partial charge in [0, 0.05) is 38.1 Å². The largest absolute Gasteiger partial charge is 0.483 e. The molecule has 9 heteroatoms. The highest BCUT2D eigenvalue weighted by atomic mass is 19.4. The Labute approximate surface area is 185 Å². The summed E-state index contributed by atoms with van der Waals surface area (Å²) in [4.78, 5) is 25.2. The van der Waals surface area contributed by atoms with Gasteiger partial charge in [0.05, 0.1) is 5.56 Å². The maximum Gasteiger partial charge on any atom is 0.416 e. The monoisotopic (exact) mass is 458 g/mol. The number of nitrogens with zero attached hydrogens (tertiary/aromatic N) is 2. The normalized spacial score (nSPS) is 27.9. The van der Waals surface area contributed by atoms with Crippen molar-refractivity contribution in [3.8, 4) is 0 Å².